The zero-order chi connectivity index (χ0) is 12.4. The minimum absolute atomic E-state index is 0.338. The molecule has 0 aliphatic heterocycles. The molecule has 4 nitrogen and oxygen atoms in total. The maximum absolute atomic E-state index is 9.86. The van der Waals surface area contributed by atoms with Gasteiger partial charge in [-0.2, -0.15) is 0 Å². The summed E-state index contributed by atoms with van der Waals surface area (Å²) in [6.07, 6.45) is 0. The van der Waals surface area contributed by atoms with E-state index in [0.29, 0.717) is 32.3 Å². The Kier molecular flexibility index (Phi) is 8.84. The molecule has 0 aromatic rings. The zero-order valence-electron chi connectivity index (χ0n) is 11.1. The van der Waals surface area contributed by atoms with Crippen LogP contribution in [0, 0.1) is 5.92 Å². The fourth-order valence-corrected chi connectivity index (χ4v) is 1.17. The highest BCUT2D eigenvalue weighted by molar-refractivity contribution is 4.74. The molecule has 98 valence electrons. The van der Waals surface area contributed by atoms with Crippen LogP contribution in [0.4, 0.5) is 0 Å². The molecule has 1 unspecified atom stereocenters. The van der Waals surface area contributed by atoms with E-state index < -0.39 is 5.60 Å². The lowest BCUT2D eigenvalue weighted by molar-refractivity contribution is -0.0477. The summed E-state index contributed by atoms with van der Waals surface area (Å²) < 4.78 is 10.7. The van der Waals surface area contributed by atoms with E-state index in [4.69, 9.17) is 9.47 Å². The number of hydrogen-bond acceptors (Lipinski definition) is 4. The van der Waals surface area contributed by atoms with Crippen molar-refractivity contribution >= 4 is 0 Å². The van der Waals surface area contributed by atoms with Gasteiger partial charge < -0.3 is 19.9 Å². The van der Waals surface area contributed by atoms with Crippen LogP contribution in [-0.2, 0) is 9.47 Å². The van der Waals surface area contributed by atoms with Gasteiger partial charge in [-0.3, -0.25) is 0 Å². The van der Waals surface area contributed by atoms with Gasteiger partial charge in [0.25, 0.3) is 0 Å². The lowest BCUT2D eigenvalue weighted by Gasteiger charge is -2.23. The molecule has 0 aliphatic rings. The van der Waals surface area contributed by atoms with E-state index in [0.717, 1.165) is 13.2 Å². The average molecular weight is 233 g/mol. The van der Waals surface area contributed by atoms with Gasteiger partial charge >= 0.3 is 0 Å². The first-order chi connectivity index (χ1) is 7.48. The summed E-state index contributed by atoms with van der Waals surface area (Å²) in [5, 5.41) is 13.0. The van der Waals surface area contributed by atoms with Gasteiger partial charge in [0.1, 0.15) is 0 Å². The van der Waals surface area contributed by atoms with E-state index in [-0.39, 0.29) is 0 Å². The molecule has 0 heterocycles. The molecule has 0 fully saturated rings. The first kappa shape index (κ1) is 15.8. The topological polar surface area (TPSA) is 50.7 Å². The summed E-state index contributed by atoms with van der Waals surface area (Å²) in [7, 11) is 0. The first-order valence-corrected chi connectivity index (χ1v) is 6.06. The summed E-state index contributed by atoms with van der Waals surface area (Å²) in [5.74, 6) is 0.553. The fraction of sp³-hybridized carbons (Fsp3) is 1.00. The Balaban J connectivity index is 3.35. The molecule has 0 aromatic carbocycles. The largest absolute Gasteiger partial charge is 0.386 e. The van der Waals surface area contributed by atoms with Crippen molar-refractivity contribution in [2.24, 2.45) is 5.92 Å². The van der Waals surface area contributed by atoms with Crippen LogP contribution in [0.1, 0.15) is 27.7 Å². The molecule has 0 saturated heterocycles. The monoisotopic (exact) mass is 233 g/mol. The smallest absolute Gasteiger partial charge is 0.0975 e. The molecular formula is C12H27NO3. The van der Waals surface area contributed by atoms with Crippen molar-refractivity contribution in [1.82, 2.24) is 5.32 Å². The van der Waals surface area contributed by atoms with E-state index in [1.54, 1.807) is 6.92 Å². The van der Waals surface area contributed by atoms with Crippen LogP contribution in [0.15, 0.2) is 0 Å². The van der Waals surface area contributed by atoms with E-state index in [1.807, 2.05) is 6.92 Å². The van der Waals surface area contributed by atoms with Crippen molar-refractivity contribution in [2.75, 3.05) is 39.5 Å². The van der Waals surface area contributed by atoms with Crippen LogP contribution < -0.4 is 5.32 Å². The molecule has 1 atom stereocenters. The third kappa shape index (κ3) is 10.4. The number of hydrogen-bond donors (Lipinski definition) is 2. The maximum atomic E-state index is 9.86. The van der Waals surface area contributed by atoms with Gasteiger partial charge in [0.05, 0.1) is 25.4 Å². The van der Waals surface area contributed by atoms with Crippen molar-refractivity contribution in [3.63, 3.8) is 0 Å². The van der Waals surface area contributed by atoms with Crippen LogP contribution in [0.5, 0.6) is 0 Å². The van der Waals surface area contributed by atoms with Gasteiger partial charge in [-0.15, -0.1) is 0 Å². The van der Waals surface area contributed by atoms with Crippen LogP contribution in [-0.4, -0.2) is 50.2 Å². The minimum atomic E-state index is -0.798. The van der Waals surface area contributed by atoms with E-state index >= 15 is 0 Å². The average Bonchev–Trinajstić information content (AvgIpc) is 2.20. The quantitative estimate of drug-likeness (QED) is 0.554. The number of nitrogens with one attached hydrogen (secondary N) is 1. The number of ether oxygens (including phenoxy) is 2. The van der Waals surface area contributed by atoms with Crippen LogP contribution in [0.2, 0.25) is 0 Å². The number of likely N-dealkylation sites (N-methyl/N-ethyl adjacent to an activating group) is 1. The highest BCUT2D eigenvalue weighted by Gasteiger charge is 2.19. The van der Waals surface area contributed by atoms with Crippen LogP contribution in [0.25, 0.3) is 0 Å². The maximum Gasteiger partial charge on any atom is 0.0975 e. The Morgan fingerprint density at radius 2 is 1.88 bits per heavy atom. The molecule has 0 radical (unpaired) electrons. The highest BCUT2D eigenvalue weighted by Crippen LogP contribution is 2.02. The van der Waals surface area contributed by atoms with Gasteiger partial charge in [-0.25, -0.2) is 0 Å². The van der Waals surface area contributed by atoms with Gasteiger partial charge in [0, 0.05) is 13.2 Å². The van der Waals surface area contributed by atoms with Crippen molar-refractivity contribution in [1.29, 1.82) is 0 Å². The van der Waals surface area contributed by atoms with Crippen molar-refractivity contribution in [2.45, 2.75) is 33.3 Å². The molecule has 0 spiro atoms. The number of rotatable bonds is 10. The van der Waals surface area contributed by atoms with E-state index in [2.05, 4.69) is 19.2 Å². The normalized spacial score (nSPS) is 15.4. The molecule has 0 saturated carbocycles. The fourth-order valence-electron chi connectivity index (χ4n) is 1.17. The van der Waals surface area contributed by atoms with Crippen molar-refractivity contribution in [3.8, 4) is 0 Å². The minimum Gasteiger partial charge on any atom is -0.386 e. The lowest BCUT2D eigenvalue weighted by atomic mass is 10.1. The Morgan fingerprint density at radius 1 is 1.25 bits per heavy atom. The molecular weight excluding hydrogens is 206 g/mol. The summed E-state index contributed by atoms with van der Waals surface area (Å²) in [6, 6.07) is 0. The summed E-state index contributed by atoms with van der Waals surface area (Å²) >= 11 is 0. The summed E-state index contributed by atoms with van der Waals surface area (Å²) in [6.45, 7) is 11.6. The van der Waals surface area contributed by atoms with Crippen LogP contribution in [0.3, 0.4) is 0 Å². The zero-order valence-corrected chi connectivity index (χ0v) is 11.1. The van der Waals surface area contributed by atoms with E-state index in [9.17, 15) is 5.11 Å². The number of aliphatic hydroxyl groups is 1. The Morgan fingerprint density at radius 3 is 2.44 bits per heavy atom. The molecule has 0 bridgehead atoms. The highest BCUT2D eigenvalue weighted by atomic mass is 16.5. The summed E-state index contributed by atoms with van der Waals surface area (Å²) in [5.41, 5.74) is -0.798. The van der Waals surface area contributed by atoms with Crippen molar-refractivity contribution in [3.05, 3.63) is 0 Å². The Bertz CT molecular complexity index is 160. The second kappa shape index (κ2) is 8.93. The first-order valence-electron chi connectivity index (χ1n) is 6.06. The molecule has 0 aromatic heterocycles. The van der Waals surface area contributed by atoms with E-state index in [1.165, 1.54) is 0 Å². The SMILES string of the molecule is CCNCC(C)(O)COCCOCC(C)C. The Labute approximate surface area is 99.3 Å². The second-order valence-corrected chi connectivity index (χ2v) is 4.80. The predicted molar refractivity (Wildman–Crippen MR) is 65.6 cm³/mol. The van der Waals surface area contributed by atoms with Crippen LogP contribution >= 0.6 is 0 Å². The Hall–Kier alpha value is -0.160. The van der Waals surface area contributed by atoms with Gasteiger partial charge in [0.2, 0.25) is 0 Å². The van der Waals surface area contributed by atoms with Crippen molar-refractivity contribution < 1.29 is 14.6 Å². The predicted octanol–water partition coefficient (Wildman–Crippen LogP) is 1.04. The molecule has 4 heteroatoms. The van der Waals surface area contributed by atoms with Gasteiger partial charge in [-0.1, -0.05) is 20.8 Å². The third-order valence-corrected chi connectivity index (χ3v) is 1.99. The third-order valence-electron chi connectivity index (χ3n) is 1.99. The summed E-state index contributed by atoms with van der Waals surface area (Å²) in [4.78, 5) is 0. The second-order valence-electron chi connectivity index (χ2n) is 4.80. The lowest BCUT2D eigenvalue weighted by Crippen LogP contribution is -2.42. The molecule has 0 aliphatic carbocycles. The molecule has 16 heavy (non-hydrogen) atoms. The molecule has 0 rings (SSSR count). The van der Waals surface area contributed by atoms with Gasteiger partial charge in [0.15, 0.2) is 0 Å². The molecule has 0 amide bonds. The molecule has 2 N–H and O–H groups in total. The van der Waals surface area contributed by atoms with Gasteiger partial charge in [-0.05, 0) is 19.4 Å². The standard InChI is InChI=1S/C12H27NO3/c1-5-13-9-12(4,14)10-16-7-6-15-8-11(2)3/h11,13-14H,5-10H2,1-4H3.